The summed E-state index contributed by atoms with van der Waals surface area (Å²) in [5, 5.41) is 23.8. The molecule has 13 nitrogen and oxygen atoms in total. The van der Waals surface area contributed by atoms with Crippen LogP contribution in [0.15, 0.2) is 11.1 Å². The number of rotatable bonds is 8. The molecule has 0 saturated carbocycles. The summed E-state index contributed by atoms with van der Waals surface area (Å²) in [5.74, 6) is -0.0675. The summed E-state index contributed by atoms with van der Waals surface area (Å²) in [6, 6.07) is 0. The molecule has 2 aromatic heterocycles. The van der Waals surface area contributed by atoms with E-state index in [1.807, 2.05) is 0 Å². The Bertz CT molecular complexity index is 876. The van der Waals surface area contributed by atoms with E-state index in [9.17, 15) is 15.0 Å². The van der Waals surface area contributed by atoms with E-state index in [0.717, 1.165) is 0 Å². The standard InChI is InChI=1S/C14H24N7O6P/c1-20-6-21(11-8(20)12(24)19-14(16)18-11)13-10(23)9(22)7(27-13)5-26-28(25-2)17-4-3-15/h6-7,9-10,13,17,22-23H,3-5,15H2,1-2H3,(H2-,16,18,19,24)/p+1. The Hall–Kier alpha value is -1.70. The lowest BCUT2D eigenvalue weighted by Gasteiger charge is -2.19. The molecule has 5 atom stereocenters. The number of aromatic nitrogens is 4. The van der Waals surface area contributed by atoms with Crippen molar-refractivity contribution in [2.24, 2.45) is 12.8 Å². The number of hydrogen-bond donors (Lipinski definition) is 6. The van der Waals surface area contributed by atoms with Crippen LogP contribution in [0.2, 0.25) is 0 Å². The molecule has 156 valence electrons. The van der Waals surface area contributed by atoms with Gasteiger partial charge in [0.15, 0.2) is 6.33 Å². The number of nitrogens with zero attached hydrogens (tertiary/aromatic N) is 3. The molecule has 0 radical (unpaired) electrons. The average Bonchev–Trinajstić information content (AvgIpc) is 3.13. The van der Waals surface area contributed by atoms with Gasteiger partial charge in [-0.15, -0.1) is 0 Å². The van der Waals surface area contributed by atoms with E-state index >= 15 is 0 Å². The molecule has 8 N–H and O–H groups in total. The minimum atomic E-state index is -1.40. The molecule has 14 heteroatoms. The van der Waals surface area contributed by atoms with Crippen LogP contribution >= 0.6 is 8.53 Å². The third-order valence-corrected chi connectivity index (χ3v) is 5.51. The Labute approximate surface area is 161 Å². The van der Waals surface area contributed by atoms with Crippen LogP contribution in [0.3, 0.4) is 0 Å². The van der Waals surface area contributed by atoms with Crippen LogP contribution in [-0.2, 0) is 20.8 Å². The largest absolute Gasteiger partial charge is 0.387 e. The molecule has 1 aliphatic rings. The minimum absolute atomic E-state index is 0.0205. The van der Waals surface area contributed by atoms with Gasteiger partial charge < -0.3 is 35.5 Å². The molecule has 0 bridgehead atoms. The lowest BCUT2D eigenvalue weighted by atomic mass is 10.1. The summed E-state index contributed by atoms with van der Waals surface area (Å²) in [5.41, 5.74) is 11.1. The first-order chi connectivity index (χ1) is 13.4. The Morgan fingerprint density at radius 1 is 1.50 bits per heavy atom. The first kappa shape index (κ1) is 21.0. The van der Waals surface area contributed by atoms with Gasteiger partial charge in [0.1, 0.15) is 18.3 Å². The Kier molecular flexibility index (Phi) is 6.58. The van der Waals surface area contributed by atoms with Crippen molar-refractivity contribution in [3.63, 3.8) is 0 Å². The molecule has 0 aromatic carbocycles. The van der Waals surface area contributed by atoms with Crippen molar-refractivity contribution in [3.8, 4) is 0 Å². The van der Waals surface area contributed by atoms with Crippen LogP contribution in [0.5, 0.6) is 0 Å². The van der Waals surface area contributed by atoms with E-state index in [2.05, 4.69) is 15.1 Å². The molecule has 1 aliphatic heterocycles. The number of fused-ring (bicyclic) bond motifs is 1. The van der Waals surface area contributed by atoms with Gasteiger partial charge in [-0.3, -0.25) is 14.3 Å². The summed E-state index contributed by atoms with van der Waals surface area (Å²) in [4.78, 5) is 18.7. The molecule has 0 amide bonds. The zero-order valence-corrected chi connectivity index (χ0v) is 16.4. The minimum Gasteiger partial charge on any atom is -0.387 e. The van der Waals surface area contributed by atoms with Crippen molar-refractivity contribution in [2.45, 2.75) is 24.5 Å². The summed E-state index contributed by atoms with van der Waals surface area (Å²) in [7, 11) is 1.73. The number of anilines is 1. The van der Waals surface area contributed by atoms with Gasteiger partial charge in [0.25, 0.3) is 20.0 Å². The highest BCUT2D eigenvalue weighted by Gasteiger charge is 2.47. The molecule has 0 aliphatic carbocycles. The van der Waals surface area contributed by atoms with Crippen molar-refractivity contribution in [1.82, 2.24) is 19.6 Å². The molecular formula is C14H25N7O6P+. The van der Waals surface area contributed by atoms with Crippen LogP contribution in [0, 0.1) is 0 Å². The molecule has 3 heterocycles. The van der Waals surface area contributed by atoms with Gasteiger partial charge in [-0.2, -0.15) is 0 Å². The summed E-state index contributed by atoms with van der Waals surface area (Å²) < 4.78 is 19.6. The van der Waals surface area contributed by atoms with Gasteiger partial charge in [-0.1, -0.05) is 4.98 Å². The number of aliphatic hydroxyl groups is 2. The van der Waals surface area contributed by atoms with E-state index in [1.54, 1.807) is 13.4 Å². The normalized spacial score (nSPS) is 26.2. The molecule has 1 saturated heterocycles. The van der Waals surface area contributed by atoms with Crippen LogP contribution in [0.4, 0.5) is 5.95 Å². The van der Waals surface area contributed by atoms with Gasteiger partial charge in [-0.25, -0.2) is 9.65 Å². The van der Waals surface area contributed by atoms with E-state index in [1.165, 1.54) is 16.2 Å². The topological polar surface area (TPSA) is 187 Å². The van der Waals surface area contributed by atoms with Crippen molar-refractivity contribution in [2.75, 3.05) is 32.5 Å². The molecule has 5 unspecified atom stereocenters. The van der Waals surface area contributed by atoms with Crippen molar-refractivity contribution >= 4 is 25.6 Å². The lowest BCUT2D eigenvalue weighted by Crippen LogP contribution is -2.46. The van der Waals surface area contributed by atoms with Gasteiger partial charge in [-0.05, 0) is 0 Å². The number of hydrogen-bond acceptors (Lipinski definition) is 10. The molecular weight excluding hydrogens is 393 g/mol. The lowest BCUT2D eigenvalue weighted by molar-refractivity contribution is -0.745. The van der Waals surface area contributed by atoms with Crippen LogP contribution in [0.25, 0.3) is 11.2 Å². The first-order valence-electron chi connectivity index (χ1n) is 8.55. The SMILES string of the molecule is COP(NCCN)OCC1OC([n+]2cn(C)c3c(=O)[nH]c(N)nc32)C(O)C1O. The van der Waals surface area contributed by atoms with Gasteiger partial charge in [0.2, 0.25) is 11.7 Å². The molecule has 0 spiro atoms. The van der Waals surface area contributed by atoms with Crippen molar-refractivity contribution < 1.29 is 28.6 Å². The van der Waals surface area contributed by atoms with Crippen LogP contribution < -0.4 is 26.7 Å². The van der Waals surface area contributed by atoms with Gasteiger partial charge in [0.05, 0.1) is 13.7 Å². The summed E-state index contributed by atoms with van der Waals surface area (Å²) in [6.07, 6.45) is -2.73. The zero-order chi connectivity index (χ0) is 20.4. The Balaban J connectivity index is 1.79. The smallest absolute Gasteiger partial charge is 0.313 e. The fraction of sp³-hybridized carbons (Fsp3) is 0.643. The molecule has 3 rings (SSSR count). The number of nitrogen functional groups attached to an aromatic ring is 1. The number of nitrogens with one attached hydrogen (secondary N) is 2. The van der Waals surface area contributed by atoms with Crippen LogP contribution in [-0.4, -0.2) is 69.9 Å². The fourth-order valence-electron chi connectivity index (χ4n) is 3.01. The molecule has 28 heavy (non-hydrogen) atoms. The van der Waals surface area contributed by atoms with Gasteiger partial charge >= 0.3 is 5.65 Å². The number of aliphatic hydroxyl groups excluding tert-OH is 2. The Morgan fingerprint density at radius 2 is 2.25 bits per heavy atom. The quantitative estimate of drug-likeness (QED) is 0.193. The second kappa shape index (κ2) is 8.76. The zero-order valence-electron chi connectivity index (χ0n) is 15.5. The molecule has 2 aromatic rings. The third kappa shape index (κ3) is 4.02. The average molecular weight is 418 g/mol. The highest BCUT2D eigenvalue weighted by atomic mass is 31.2. The maximum Gasteiger partial charge on any atom is 0.313 e. The highest BCUT2D eigenvalue weighted by Crippen LogP contribution is 2.34. The maximum absolute atomic E-state index is 12.1. The highest BCUT2D eigenvalue weighted by molar-refractivity contribution is 7.44. The first-order valence-corrected chi connectivity index (χ1v) is 9.73. The predicted octanol–water partition coefficient (Wildman–Crippen LogP) is -2.81. The van der Waals surface area contributed by atoms with Crippen molar-refractivity contribution in [1.29, 1.82) is 0 Å². The summed E-state index contributed by atoms with van der Waals surface area (Å²) in [6.45, 7) is 0.904. The van der Waals surface area contributed by atoms with E-state index in [4.69, 9.17) is 25.3 Å². The number of H-pyrrole nitrogens is 1. The predicted molar refractivity (Wildman–Crippen MR) is 98.8 cm³/mol. The second-order valence-corrected chi connectivity index (χ2v) is 7.69. The Morgan fingerprint density at radius 3 is 2.93 bits per heavy atom. The number of aromatic amines is 1. The molecule has 1 fully saturated rings. The van der Waals surface area contributed by atoms with E-state index in [0.29, 0.717) is 13.1 Å². The second-order valence-electron chi connectivity index (χ2n) is 6.24. The fourth-order valence-corrected chi connectivity index (χ4v) is 3.93. The summed E-state index contributed by atoms with van der Waals surface area (Å²) >= 11 is 0. The van der Waals surface area contributed by atoms with E-state index < -0.39 is 38.6 Å². The number of imidazole rings is 1. The number of ether oxygens (including phenoxy) is 1. The van der Waals surface area contributed by atoms with Crippen LogP contribution in [0.1, 0.15) is 6.23 Å². The third-order valence-electron chi connectivity index (χ3n) is 4.31. The maximum atomic E-state index is 12.1. The number of aryl methyl sites for hydroxylation is 1. The number of nitrogens with two attached hydrogens (primary N) is 2. The van der Waals surface area contributed by atoms with Crippen molar-refractivity contribution in [3.05, 3.63) is 16.7 Å². The monoisotopic (exact) mass is 418 g/mol. The van der Waals surface area contributed by atoms with Gasteiger partial charge in [0, 0.05) is 20.2 Å². The van der Waals surface area contributed by atoms with E-state index in [-0.39, 0.29) is 23.7 Å².